The predicted octanol–water partition coefficient (Wildman–Crippen LogP) is 1.91. The zero-order valence-corrected chi connectivity index (χ0v) is 19.9. The van der Waals surface area contributed by atoms with Gasteiger partial charge in [0, 0.05) is 50.1 Å². The van der Waals surface area contributed by atoms with Gasteiger partial charge in [-0.1, -0.05) is 0 Å². The highest BCUT2D eigenvalue weighted by atomic mass is 16.6. The van der Waals surface area contributed by atoms with Crippen LogP contribution in [0.4, 0.5) is 0 Å². The molecule has 3 aromatic heterocycles. The van der Waals surface area contributed by atoms with Crippen molar-refractivity contribution in [3.05, 3.63) is 64.3 Å². The molecule has 1 fully saturated rings. The van der Waals surface area contributed by atoms with Crippen molar-refractivity contribution in [1.82, 2.24) is 24.8 Å². The van der Waals surface area contributed by atoms with Gasteiger partial charge in [0.15, 0.2) is 11.5 Å². The number of nitrogens with zero attached hydrogens (tertiary/aromatic N) is 4. The topological polar surface area (TPSA) is 119 Å². The smallest absolute Gasteiger partial charge is 0.328 e. The second kappa shape index (κ2) is 10.9. The van der Waals surface area contributed by atoms with E-state index in [9.17, 15) is 9.59 Å². The number of carbonyl (C=O) groups is 1. The number of hydrogen-bond donors (Lipinski definition) is 2. The van der Waals surface area contributed by atoms with E-state index in [4.69, 9.17) is 14.6 Å². The number of ether oxygens (including phenoxy) is 2. The summed E-state index contributed by atoms with van der Waals surface area (Å²) in [5, 5.41) is 12.5. The molecule has 0 bridgehead atoms. The van der Waals surface area contributed by atoms with Crippen LogP contribution in [0.3, 0.4) is 0 Å². The lowest BCUT2D eigenvalue weighted by atomic mass is 10.0. The number of carboxylic acids is 1. The van der Waals surface area contributed by atoms with Crippen molar-refractivity contribution in [3.8, 4) is 11.5 Å². The third-order valence-corrected chi connectivity index (χ3v) is 6.56. The molecule has 1 saturated heterocycles. The highest BCUT2D eigenvalue weighted by Crippen LogP contribution is 2.29. The molecule has 3 aromatic rings. The molecule has 10 heteroatoms. The Morgan fingerprint density at radius 3 is 2.69 bits per heavy atom. The number of piperidine rings is 1. The average Bonchev–Trinajstić information content (AvgIpc) is 2.90. The molecule has 2 aliphatic rings. The summed E-state index contributed by atoms with van der Waals surface area (Å²) in [6.07, 6.45) is 7.91. The lowest BCUT2D eigenvalue weighted by molar-refractivity contribution is -0.131. The Morgan fingerprint density at radius 2 is 1.89 bits per heavy atom. The molecule has 0 unspecified atom stereocenters. The van der Waals surface area contributed by atoms with E-state index in [1.165, 1.54) is 12.1 Å². The first-order chi connectivity index (χ1) is 17.5. The Morgan fingerprint density at radius 1 is 1.08 bits per heavy atom. The lowest BCUT2D eigenvalue weighted by Crippen LogP contribution is -2.43. The summed E-state index contributed by atoms with van der Waals surface area (Å²) < 4.78 is 12.9. The molecule has 5 heterocycles. The molecule has 2 aliphatic heterocycles. The SMILES string of the molecule is O=C(O)/C=C/c1cnc2ccc(=O)n(CCN3CCC(NCc4cc5c(cn4)OCCO5)CC3)c2c1. The summed E-state index contributed by atoms with van der Waals surface area (Å²) in [5.41, 5.74) is 2.90. The fourth-order valence-corrected chi connectivity index (χ4v) is 4.61. The molecule has 0 atom stereocenters. The molecule has 0 aliphatic carbocycles. The van der Waals surface area contributed by atoms with Crippen LogP contribution < -0.4 is 20.3 Å². The molecule has 0 spiro atoms. The third kappa shape index (κ3) is 5.72. The van der Waals surface area contributed by atoms with E-state index < -0.39 is 5.97 Å². The zero-order chi connectivity index (χ0) is 24.9. The fourth-order valence-electron chi connectivity index (χ4n) is 4.61. The number of hydrogen-bond acceptors (Lipinski definition) is 8. The van der Waals surface area contributed by atoms with E-state index in [-0.39, 0.29) is 5.56 Å². The number of aliphatic carboxylic acids is 1. The molecule has 36 heavy (non-hydrogen) atoms. The van der Waals surface area contributed by atoms with Crippen LogP contribution in [0.5, 0.6) is 11.5 Å². The van der Waals surface area contributed by atoms with Crippen LogP contribution >= 0.6 is 0 Å². The molecular weight excluding hydrogens is 462 g/mol. The van der Waals surface area contributed by atoms with Crippen molar-refractivity contribution in [3.63, 3.8) is 0 Å². The van der Waals surface area contributed by atoms with E-state index in [0.717, 1.165) is 50.0 Å². The molecule has 0 radical (unpaired) electrons. The van der Waals surface area contributed by atoms with E-state index >= 15 is 0 Å². The van der Waals surface area contributed by atoms with Gasteiger partial charge < -0.3 is 29.4 Å². The average molecular weight is 492 g/mol. The van der Waals surface area contributed by atoms with Crippen LogP contribution in [0.2, 0.25) is 0 Å². The number of likely N-dealkylation sites (tertiary alicyclic amines) is 1. The molecule has 0 saturated carbocycles. The maximum atomic E-state index is 12.6. The first-order valence-electron chi connectivity index (χ1n) is 12.2. The van der Waals surface area contributed by atoms with Crippen LogP contribution in [-0.2, 0) is 17.9 Å². The van der Waals surface area contributed by atoms with Crippen LogP contribution in [0.15, 0.2) is 47.5 Å². The van der Waals surface area contributed by atoms with Crippen LogP contribution in [0.25, 0.3) is 17.1 Å². The summed E-state index contributed by atoms with van der Waals surface area (Å²) in [6, 6.07) is 7.39. The standard InChI is InChI=1S/C26H29N5O5/c32-25-3-2-21-22(13-18(15-29-21)1-4-26(33)34)31(25)10-9-30-7-5-19(6-8-30)27-16-20-14-23-24(17-28-20)36-12-11-35-23/h1-4,13-15,17,19,27H,5-12,16H2,(H,33,34)/b4-1+. The Kier molecular flexibility index (Phi) is 7.24. The van der Waals surface area contributed by atoms with Crippen LogP contribution in [0, 0.1) is 0 Å². The molecule has 0 aromatic carbocycles. The minimum Gasteiger partial charge on any atom is -0.486 e. The zero-order valence-electron chi connectivity index (χ0n) is 19.9. The predicted molar refractivity (Wildman–Crippen MR) is 134 cm³/mol. The van der Waals surface area contributed by atoms with Crippen molar-refractivity contribution in [2.75, 3.05) is 32.8 Å². The number of fused-ring (bicyclic) bond motifs is 2. The van der Waals surface area contributed by atoms with E-state index in [1.807, 2.05) is 12.1 Å². The minimum atomic E-state index is -1.03. The Labute approximate surface area is 208 Å². The second-order valence-corrected chi connectivity index (χ2v) is 8.98. The summed E-state index contributed by atoms with van der Waals surface area (Å²) >= 11 is 0. The van der Waals surface area contributed by atoms with Crippen molar-refractivity contribution in [2.45, 2.75) is 32.0 Å². The van der Waals surface area contributed by atoms with Crippen molar-refractivity contribution >= 4 is 23.1 Å². The molecule has 2 N–H and O–H groups in total. The second-order valence-electron chi connectivity index (χ2n) is 8.98. The van der Waals surface area contributed by atoms with Gasteiger partial charge in [-0.15, -0.1) is 0 Å². The first kappa shape index (κ1) is 24.0. The van der Waals surface area contributed by atoms with Gasteiger partial charge in [-0.3, -0.25) is 14.8 Å². The maximum absolute atomic E-state index is 12.6. The van der Waals surface area contributed by atoms with Gasteiger partial charge >= 0.3 is 5.97 Å². The monoisotopic (exact) mass is 491 g/mol. The summed E-state index contributed by atoms with van der Waals surface area (Å²) in [6.45, 7) is 4.98. The molecule has 0 amide bonds. The quantitative estimate of drug-likeness (QED) is 0.456. The van der Waals surface area contributed by atoms with Crippen LogP contribution in [-0.4, -0.2) is 69.4 Å². The van der Waals surface area contributed by atoms with E-state index in [1.54, 1.807) is 23.0 Å². The Bertz CT molecular complexity index is 1330. The molecular formula is C26H29N5O5. The molecule has 188 valence electrons. The van der Waals surface area contributed by atoms with Crippen molar-refractivity contribution in [1.29, 1.82) is 0 Å². The van der Waals surface area contributed by atoms with Gasteiger partial charge in [0.2, 0.25) is 0 Å². The highest BCUT2D eigenvalue weighted by Gasteiger charge is 2.20. The van der Waals surface area contributed by atoms with Crippen LogP contribution in [0.1, 0.15) is 24.1 Å². The Hall–Kier alpha value is -3.76. The number of nitrogens with one attached hydrogen (secondary N) is 1. The highest BCUT2D eigenvalue weighted by molar-refractivity contribution is 5.86. The fraction of sp³-hybridized carbons (Fsp3) is 0.385. The van der Waals surface area contributed by atoms with Crippen molar-refractivity contribution < 1.29 is 19.4 Å². The first-order valence-corrected chi connectivity index (χ1v) is 12.2. The van der Waals surface area contributed by atoms with Gasteiger partial charge in [-0.05, 0) is 49.7 Å². The Balaban J connectivity index is 1.15. The normalized spacial score (nSPS) is 16.6. The lowest BCUT2D eigenvalue weighted by Gasteiger charge is -2.32. The van der Waals surface area contributed by atoms with E-state index in [0.29, 0.717) is 54.7 Å². The van der Waals surface area contributed by atoms with Crippen molar-refractivity contribution in [2.24, 2.45) is 0 Å². The van der Waals surface area contributed by atoms with Gasteiger partial charge in [-0.2, -0.15) is 0 Å². The summed E-state index contributed by atoms with van der Waals surface area (Å²) in [5.74, 6) is 0.431. The minimum absolute atomic E-state index is 0.0906. The number of pyridine rings is 3. The van der Waals surface area contributed by atoms with Gasteiger partial charge in [-0.25, -0.2) is 4.79 Å². The molecule has 5 rings (SSSR count). The van der Waals surface area contributed by atoms with Gasteiger partial charge in [0.25, 0.3) is 5.56 Å². The summed E-state index contributed by atoms with van der Waals surface area (Å²) in [4.78, 5) is 34.7. The van der Waals surface area contributed by atoms with E-state index in [2.05, 4.69) is 20.2 Å². The largest absolute Gasteiger partial charge is 0.486 e. The molecule has 10 nitrogen and oxygen atoms in total. The number of aromatic nitrogens is 3. The van der Waals surface area contributed by atoms with Gasteiger partial charge in [0.1, 0.15) is 13.2 Å². The third-order valence-electron chi connectivity index (χ3n) is 6.56. The summed E-state index contributed by atoms with van der Waals surface area (Å²) in [7, 11) is 0. The number of rotatable bonds is 8. The number of carboxylic acid groups (broad SMARTS) is 1. The van der Waals surface area contributed by atoms with Gasteiger partial charge in [0.05, 0.1) is 22.9 Å². The maximum Gasteiger partial charge on any atom is 0.328 e.